The predicted octanol–water partition coefficient (Wildman–Crippen LogP) is 3.97. The smallest absolute Gasteiger partial charge is 0.249 e. The lowest BCUT2D eigenvalue weighted by molar-refractivity contribution is 0.100. The SMILES string of the molecule is O=C(c1ncc(Cl)cc1Cl)c1occc1Br. The topological polar surface area (TPSA) is 43.1 Å². The Morgan fingerprint density at radius 3 is 2.75 bits per heavy atom. The van der Waals surface area contributed by atoms with E-state index < -0.39 is 5.78 Å². The molecule has 2 heterocycles. The Hall–Kier alpha value is -0.840. The first-order chi connectivity index (χ1) is 7.59. The molecule has 0 amide bonds. The molecule has 0 aliphatic heterocycles. The zero-order valence-corrected chi connectivity index (χ0v) is 10.8. The number of rotatable bonds is 2. The predicted molar refractivity (Wildman–Crippen MR) is 64.1 cm³/mol. The fourth-order valence-electron chi connectivity index (χ4n) is 1.14. The van der Waals surface area contributed by atoms with Crippen LogP contribution in [0.1, 0.15) is 16.2 Å². The lowest BCUT2D eigenvalue weighted by Crippen LogP contribution is -2.04. The van der Waals surface area contributed by atoms with Crippen molar-refractivity contribution in [3.05, 3.63) is 50.6 Å². The summed E-state index contributed by atoms with van der Waals surface area (Å²) >= 11 is 14.7. The second-order valence-corrected chi connectivity index (χ2v) is 4.61. The molecule has 82 valence electrons. The van der Waals surface area contributed by atoms with Crippen molar-refractivity contribution in [2.24, 2.45) is 0 Å². The second-order valence-electron chi connectivity index (χ2n) is 2.91. The maximum Gasteiger partial charge on any atom is 0.249 e. The minimum atomic E-state index is -0.390. The zero-order chi connectivity index (χ0) is 11.7. The highest BCUT2D eigenvalue weighted by Gasteiger charge is 2.20. The highest BCUT2D eigenvalue weighted by atomic mass is 79.9. The van der Waals surface area contributed by atoms with E-state index in [0.29, 0.717) is 9.50 Å². The van der Waals surface area contributed by atoms with Crippen LogP contribution in [0.4, 0.5) is 0 Å². The maximum absolute atomic E-state index is 11.9. The van der Waals surface area contributed by atoms with Gasteiger partial charge in [-0.05, 0) is 28.1 Å². The van der Waals surface area contributed by atoms with Crippen LogP contribution in [-0.2, 0) is 0 Å². The summed E-state index contributed by atoms with van der Waals surface area (Å²) in [6.45, 7) is 0. The van der Waals surface area contributed by atoms with Gasteiger partial charge in [-0.2, -0.15) is 0 Å². The van der Waals surface area contributed by atoms with Crippen molar-refractivity contribution in [3.8, 4) is 0 Å². The molecule has 0 aliphatic carbocycles. The average Bonchev–Trinajstić information content (AvgIpc) is 2.63. The first-order valence-corrected chi connectivity index (χ1v) is 5.73. The Morgan fingerprint density at radius 2 is 2.19 bits per heavy atom. The highest BCUT2D eigenvalue weighted by molar-refractivity contribution is 9.10. The van der Waals surface area contributed by atoms with Gasteiger partial charge in [0.1, 0.15) is 5.69 Å². The molecule has 0 unspecified atom stereocenters. The monoisotopic (exact) mass is 319 g/mol. The summed E-state index contributed by atoms with van der Waals surface area (Å²) in [6.07, 6.45) is 2.76. The molecule has 0 saturated heterocycles. The standard InChI is InChI=1S/C10H4BrCl2NO2/c11-6-1-2-16-10(6)9(15)8-7(13)3-5(12)4-14-8/h1-4H. The molecule has 16 heavy (non-hydrogen) atoms. The maximum atomic E-state index is 11.9. The van der Waals surface area contributed by atoms with Gasteiger partial charge in [0.2, 0.25) is 5.78 Å². The van der Waals surface area contributed by atoms with Crippen LogP contribution in [0.25, 0.3) is 0 Å². The van der Waals surface area contributed by atoms with Crippen LogP contribution >= 0.6 is 39.1 Å². The van der Waals surface area contributed by atoms with Gasteiger partial charge in [0.15, 0.2) is 5.76 Å². The van der Waals surface area contributed by atoms with E-state index in [2.05, 4.69) is 20.9 Å². The van der Waals surface area contributed by atoms with Crippen LogP contribution in [0.5, 0.6) is 0 Å². The van der Waals surface area contributed by atoms with Crippen molar-refractivity contribution < 1.29 is 9.21 Å². The van der Waals surface area contributed by atoms with E-state index in [0.717, 1.165) is 0 Å². The minimum Gasteiger partial charge on any atom is -0.460 e. The molecule has 2 aromatic rings. The molecular formula is C10H4BrCl2NO2. The normalized spacial score (nSPS) is 10.4. The number of carbonyl (C=O) groups excluding carboxylic acids is 1. The number of nitrogens with zero attached hydrogens (tertiary/aromatic N) is 1. The first-order valence-electron chi connectivity index (χ1n) is 4.18. The van der Waals surface area contributed by atoms with E-state index in [1.807, 2.05) is 0 Å². The number of hydrogen-bond acceptors (Lipinski definition) is 3. The first kappa shape index (κ1) is 11.6. The van der Waals surface area contributed by atoms with Crippen molar-refractivity contribution in [1.82, 2.24) is 4.98 Å². The molecule has 0 aromatic carbocycles. The number of carbonyl (C=O) groups is 1. The van der Waals surface area contributed by atoms with Crippen LogP contribution in [0.15, 0.2) is 33.5 Å². The molecule has 0 bridgehead atoms. The van der Waals surface area contributed by atoms with Gasteiger partial charge >= 0.3 is 0 Å². The molecule has 0 N–H and O–H groups in total. The van der Waals surface area contributed by atoms with Crippen molar-refractivity contribution in [2.45, 2.75) is 0 Å². The lowest BCUT2D eigenvalue weighted by Gasteiger charge is -2.00. The molecule has 2 aromatic heterocycles. The fraction of sp³-hybridized carbons (Fsp3) is 0. The highest BCUT2D eigenvalue weighted by Crippen LogP contribution is 2.25. The molecule has 0 atom stereocenters. The van der Waals surface area contributed by atoms with Crippen LogP contribution in [-0.4, -0.2) is 10.8 Å². The summed E-state index contributed by atoms with van der Waals surface area (Å²) < 4.78 is 5.60. The Kier molecular flexibility index (Phi) is 3.33. The van der Waals surface area contributed by atoms with Crippen LogP contribution in [0, 0.1) is 0 Å². The molecule has 2 rings (SSSR count). The molecular weight excluding hydrogens is 317 g/mol. The van der Waals surface area contributed by atoms with E-state index in [-0.39, 0.29) is 16.5 Å². The van der Waals surface area contributed by atoms with E-state index in [4.69, 9.17) is 27.6 Å². The molecule has 0 spiro atoms. The third kappa shape index (κ3) is 2.14. The Bertz CT molecular complexity index is 554. The number of halogens is 3. The quantitative estimate of drug-likeness (QED) is 0.786. The molecule has 3 nitrogen and oxygen atoms in total. The lowest BCUT2D eigenvalue weighted by atomic mass is 10.2. The Balaban J connectivity index is 2.46. The van der Waals surface area contributed by atoms with Crippen LogP contribution < -0.4 is 0 Å². The fourth-order valence-corrected chi connectivity index (χ4v) is 1.99. The van der Waals surface area contributed by atoms with Gasteiger partial charge in [0, 0.05) is 6.20 Å². The van der Waals surface area contributed by atoms with Gasteiger partial charge in [-0.3, -0.25) is 4.79 Å². The largest absolute Gasteiger partial charge is 0.460 e. The summed E-state index contributed by atoms with van der Waals surface area (Å²) in [6, 6.07) is 3.08. The van der Waals surface area contributed by atoms with Gasteiger partial charge in [0.25, 0.3) is 0 Å². The summed E-state index contributed by atoms with van der Waals surface area (Å²) in [5.74, 6) is -0.227. The Morgan fingerprint density at radius 1 is 1.44 bits per heavy atom. The van der Waals surface area contributed by atoms with E-state index in [9.17, 15) is 4.79 Å². The van der Waals surface area contributed by atoms with Crippen molar-refractivity contribution in [2.75, 3.05) is 0 Å². The van der Waals surface area contributed by atoms with Crippen molar-refractivity contribution in [1.29, 1.82) is 0 Å². The van der Waals surface area contributed by atoms with Gasteiger partial charge < -0.3 is 4.42 Å². The third-order valence-corrected chi connectivity index (χ3v) is 2.97. The number of aromatic nitrogens is 1. The van der Waals surface area contributed by atoms with Gasteiger partial charge in [-0.15, -0.1) is 0 Å². The van der Waals surface area contributed by atoms with Crippen molar-refractivity contribution >= 4 is 44.9 Å². The zero-order valence-electron chi connectivity index (χ0n) is 7.71. The van der Waals surface area contributed by atoms with E-state index >= 15 is 0 Å². The van der Waals surface area contributed by atoms with Gasteiger partial charge in [-0.25, -0.2) is 4.98 Å². The minimum absolute atomic E-state index is 0.113. The molecule has 0 aliphatic rings. The Labute approximate surface area is 110 Å². The summed E-state index contributed by atoms with van der Waals surface area (Å²) in [4.78, 5) is 15.8. The number of furan rings is 1. The van der Waals surface area contributed by atoms with E-state index in [1.165, 1.54) is 18.5 Å². The van der Waals surface area contributed by atoms with Gasteiger partial charge in [-0.1, -0.05) is 23.2 Å². The second kappa shape index (κ2) is 4.57. The third-order valence-electron chi connectivity index (χ3n) is 1.85. The number of ketones is 1. The molecule has 6 heteroatoms. The summed E-state index contributed by atoms with van der Waals surface area (Å²) in [5.41, 5.74) is 0.113. The number of hydrogen-bond donors (Lipinski definition) is 0. The van der Waals surface area contributed by atoms with E-state index in [1.54, 1.807) is 6.07 Å². The van der Waals surface area contributed by atoms with Crippen LogP contribution in [0.2, 0.25) is 10.0 Å². The molecule has 0 fully saturated rings. The molecule has 0 radical (unpaired) electrons. The van der Waals surface area contributed by atoms with Crippen LogP contribution in [0.3, 0.4) is 0 Å². The average molecular weight is 321 g/mol. The molecule has 0 saturated carbocycles. The number of pyridine rings is 1. The summed E-state index contributed by atoms with van der Waals surface area (Å²) in [5, 5.41) is 0.570. The van der Waals surface area contributed by atoms with Gasteiger partial charge in [0.05, 0.1) is 20.8 Å². The van der Waals surface area contributed by atoms with Crippen molar-refractivity contribution in [3.63, 3.8) is 0 Å². The summed E-state index contributed by atoms with van der Waals surface area (Å²) in [7, 11) is 0.